The van der Waals surface area contributed by atoms with Crippen molar-refractivity contribution in [3.05, 3.63) is 0 Å². The third-order valence-electron chi connectivity index (χ3n) is 5.43. The lowest BCUT2D eigenvalue weighted by Crippen LogP contribution is -2.15. The molecule has 0 saturated heterocycles. The minimum atomic E-state index is -0.692. The molecule has 3 heteroatoms. The molecule has 1 rings (SSSR count). The van der Waals surface area contributed by atoms with Gasteiger partial charge >= 0.3 is 0 Å². The van der Waals surface area contributed by atoms with Crippen LogP contribution < -0.4 is 0 Å². The minimum absolute atomic E-state index is 0.185. The Morgan fingerprint density at radius 3 is 1.62 bits per heavy atom. The van der Waals surface area contributed by atoms with E-state index in [-0.39, 0.29) is 11.4 Å². The van der Waals surface area contributed by atoms with Crippen LogP contribution in [0.15, 0.2) is 0 Å². The molecule has 3 atom stereocenters. The molecule has 1 N–H and O–H groups in total. The van der Waals surface area contributed by atoms with Gasteiger partial charge in [-0.1, -0.05) is 90.4 Å². The van der Waals surface area contributed by atoms with E-state index in [2.05, 4.69) is 6.92 Å². The molecule has 2 nitrogen and oxygen atoms in total. The van der Waals surface area contributed by atoms with Crippen molar-refractivity contribution in [2.75, 3.05) is 5.75 Å². The average molecular weight is 359 g/mol. The van der Waals surface area contributed by atoms with Crippen molar-refractivity contribution in [2.45, 2.75) is 127 Å². The fourth-order valence-electron chi connectivity index (χ4n) is 3.76. The molecule has 24 heavy (non-hydrogen) atoms. The summed E-state index contributed by atoms with van der Waals surface area (Å²) in [5, 5.41) is 9.79. The molecule has 1 saturated carbocycles. The monoisotopic (exact) mass is 358 g/mol. The van der Waals surface area contributed by atoms with Crippen molar-refractivity contribution in [2.24, 2.45) is 0 Å². The molecule has 0 aromatic rings. The van der Waals surface area contributed by atoms with Crippen LogP contribution >= 0.6 is 0 Å². The maximum absolute atomic E-state index is 12.1. The fourth-order valence-corrected chi connectivity index (χ4v) is 5.42. The molecule has 0 spiro atoms. The molecular weight excluding hydrogens is 316 g/mol. The van der Waals surface area contributed by atoms with E-state index in [0.717, 1.165) is 31.4 Å². The molecule has 0 aliphatic heterocycles. The van der Waals surface area contributed by atoms with E-state index in [4.69, 9.17) is 0 Å². The van der Waals surface area contributed by atoms with Crippen molar-refractivity contribution in [3.63, 3.8) is 0 Å². The zero-order valence-electron chi connectivity index (χ0n) is 16.1. The normalized spacial score (nSPS) is 22.1. The lowest BCUT2D eigenvalue weighted by Gasteiger charge is -2.09. The highest BCUT2D eigenvalue weighted by Gasteiger charge is 2.26. The van der Waals surface area contributed by atoms with Crippen LogP contribution in [-0.4, -0.2) is 26.4 Å². The zero-order valence-corrected chi connectivity index (χ0v) is 17.0. The van der Waals surface area contributed by atoms with Gasteiger partial charge in [0.1, 0.15) is 0 Å². The zero-order chi connectivity index (χ0) is 17.5. The highest BCUT2D eigenvalue weighted by atomic mass is 32.2. The Kier molecular flexibility index (Phi) is 14.2. The van der Waals surface area contributed by atoms with E-state index in [9.17, 15) is 9.32 Å². The maximum Gasteiger partial charge on any atom is 0.0552 e. The third kappa shape index (κ3) is 11.6. The second-order valence-electron chi connectivity index (χ2n) is 7.77. The van der Waals surface area contributed by atoms with Crippen molar-refractivity contribution < 1.29 is 9.32 Å². The van der Waals surface area contributed by atoms with Crippen molar-refractivity contribution >= 4 is 10.8 Å². The van der Waals surface area contributed by atoms with E-state index < -0.39 is 10.8 Å². The fraction of sp³-hybridized carbons (Fsp3) is 1.00. The number of aliphatic hydroxyl groups excluding tert-OH is 1. The van der Waals surface area contributed by atoms with E-state index in [1.54, 1.807) is 0 Å². The number of aliphatic hydroxyl groups is 1. The van der Waals surface area contributed by atoms with Crippen molar-refractivity contribution in [1.29, 1.82) is 0 Å². The Hall–Kier alpha value is 0.110. The summed E-state index contributed by atoms with van der Waals surface area (Å²) in [6.45, 7) is 2.28. The lowest BCUT2D eigenvalue weighted by molar-refractivity contribution is 0.183. The van der Waals surface area contributed by atoms with Gasteiger partial charge in [-0.15, -0.1) is 0 Å². The van der Waals surface area contributed by atoms with Crippen LogP contribution in [0.3, 0.4) is 0 Å². The van der Waals surface area contributed by atoms with Crippen LogP contribution in [0.5, 0.6) is 0 Å². The van der Waals surface area contributed by atoms with Crippen LogP contribution in [0.1, 0.15) is 116 Å². The predicted molar refractivity (Wildman–Crippen MR) is 107 cm³/mol. The van der Waals surface area contributed by atoms with Crippen molar-refractivity contribution in [3.8, 4) is 0 Å². The largest absolute Gasteiger partial charge is 0.393 e. The van der Waals surface area contributed by atoms with Crippen LogP contribution in [0.25, 0.3) is 0 Å². The van der Waals surface area contributed by atoms with Gasteiger partial charge in [0.25, 0.3) is 0 Å². The first-order valence-electron chi connectivity index (χ1n) is 10.8. The van der Waals surface area contributed by atoms with E-state index in [1.165, 1.54) is 83.5 Å². The van der Waals surface area contributed by atoms with Gasteiger partial charge in [-0.05, 0) is 25.7 Å². The van der Waals surface area contributed by atoms with Crippen LogP contribution in [0, 0.1) is 0 Å². The topological polar surface area (TPSA) is 37.3 Å². The molecule has 0 aromatic carbocycles. The summed E-state index contributed by atoms with van der Waals surface area (Å²) in [5.41, 5.74) is 0. The molecule has 1 aliphatic carbocycles. The molecule has 0 amide bonds. The summed E-state index contributed by atoms with van der Waals surface area (Å²) in [5.74, 6) is 0.857. The van der Waals surface area contributed by atoms with Gasteiger partial charge in [0.05, 0.1) is 6.10 Å². The molecular formula is C21H42O2S. The minimum Gasteiger partial charge on any atom is -0.393 e. The Morgan fingerprint density at radius 2 is 1.21 bits per heavy atom. The Bertz CT molecular complexity index is 306. The summed E-state index contributed by atoms with van der Waals surface area (Å²) in [7, 11) is -0.692. The molecule has 0 radical (unpaired) electrons. The van der Waals surface area contributed by atoms with Crippen LogP contribution in [-0.2, 0) is 10.8 Å². The first-order chi connectivity index (χ1) is 11.7. The first kappa shape index (κ1) is 22.2. The van der Waals surface area contributed by atoms with Gasteiger partial charge in [0.2, 0.25) is 0 Å². The smallest absolute Gasteiger partial charge is 0.0552 e. The number of rotatable bonds is 16. The Balaban J connectivity index is 1.75. The number of unbranched alkanes of at least 4 members (excludes halogenated alkanes) is 13. The second kappa shape index (κ2) is 15.4. The maximum atomic E-state index is 12.1. The van der Waals surface area contributed by atoms with Crippen LogP contribution in [0.2, 0.25) is 0 Å². The third-order valence-corrected chi connectivity index (χ3v) is 7.29. The number of hydrogen-bond acceptors (Lipinski definition) is 2. The van der Waals surface area contributed by atoms with Gasteiger partial charge in [-0.2, -0.15) is 0 Å². The van der Waals surface area contributed by atoms with Gasteiger partial charge in [-0.25, -0.2) is 0 Å². The summed E-state index contributed by atoms with van der Waals surface area (Å²) < 4.78 is 12.1. The molecule has 0 bridgehead atoms. The van der Waals surface area contributed by atoms with E-state index in [0.29, 0.717) is 0 Å². The standard InChI is InChI=1S/C21H42O2S/c1-2-3-4-5-6-7-8-9-10-11-12-13-14-15-18-24(23)21-17-16-20(22)19-21/h20-22H,2-19H2,1H3. The second-order valence-corrected chi connectivity index (χ2v) is 9.61. The van der Waals surface area contributed by atoms with Gasteiger partial charge in [0.15, 0.2) is 0 Å². The highest BCUT2D eigenvalue weighted by Crippen LogP contribution is 2.24. The van der Waals surface area contributed by atoms with Gasteiger partial charge < -0.3 is 5.11 Å². The molecule has 0 heterocycles. The predicted octanol–water partition coefficient (Wildman–Crippen LogP) is 6.13. The Labute approximate surface area is 153 Å². The summed E-state index contributed by atoms with van der Waals surface area (Å²) in [4.78, 5) is 0. The Morgan fingerprint density at radius 1 is 0.750 bits per heavy atom. The number of hydrogen-bond donors (Lipinski definition) is 1. The first-order valence-corrected chi connectivity index (χ1v) is 12.2. The molecule has 1 fully saturated rings. The SMILES string of the molecule is CCCCCCCCCCCCCCCCS(=O)C1CCC(O)C1. The summed E-state index contributed by atoms with van der Waals surface area (Å²) >= 11 is 0. The highest BCUT2D eigenvalue weighted by molar-refractivity contribution is 7.85. The van der Waals surface area contributed by atoms with Gasteiger partial charge in [-0.3, -0.25) is 4.21 Å². The van der Waals surface area contributed by atoms with Gasteiger partial charge in [0, 0.05) is 21.8 Å². The van der Waals surface area contributed by atoms with Crippen LogP contribution in [0.4, 0.5) is 0 Å². The average Bonchev–Trinajstić information content (AvgIpc) is 3.01. The van der Waals surface area contributed by atoms with E-state index in [1.807, 2.05) is 0 Å². The molecule has 1 aliphatic rings. The molecule has 3 unspecified atom stereocenters. The quantitative estimate of drug-likeness (QED) is 0.337. The molecule has 0 aromatic heterocycles. The van der Waals surface area contributed by atoms with Crippen molar-refractivity contribution in [1.82, 2.24) is 0 Å². The summed E-state index contributed by atoms with van der Waals surface area (Å²) in [6.07, 6.45) is 21.5. The summed E-state index contributed by atoms with van der Waals surface area (Å²) in [6, 6.07) is 0. The lowest BCUT2D eigenvalue weighted by atomic mass is 10.0. The van der Waals surface area contributed by atoms with E-state index >= 15 is 0 Å². The molecule has 144 valence electrons.